The number of unbranched alkanes of at least 4 members (excludes halogenated alkanes) is 1. The lowest BCUT2D eigenvalue weighted by Crippen LogP contribution is -2.47. The first kappa shape index (κ1) is 18.5. The maximum absolute atomic E-state index is 12.8. The molecule has 1 aliphatic rings. The van der Waals surface area contributed by atoms with Crippen molar-refractivity contribution in [3.63, 3.8) is 0 Å². The zero-order valence-electron chi connectivity index (χ0n) is 14.2. The Balaban J connectivity index is 1.56. The average Bonchev–Trinajstić information content (AvgIpc) is 2.59. The van der Waals surface area contributed by atoms with Crippen molar-refractivity contribution < 1.29 is 19.0 Å². The van der Waals surface area contributed by atoms with Crippen LogP contribution in [-0.2, 0) is 0 Å². The van der Waals surface area contributed by atoms with E-state index in [0.717, 1.165) is 32.2 Å². The third-order valence-corrected chi connectivity index (χ3v) is 4.36. The van der Waals surface area contributed by atoms with Crippen LogP contribution in [0, 0.1) is 11.7 Å². The SMILES string of the molecule is CC(O)C1CCCN(C(=O)NCCCCOc2ccc(F)cc2)C1. The van der Waals surface area contributed by atoms with Gasteiger partial charge in [-0.15, -0.1) is 0 Å². The number of carbonyl (C=O) groups is 1. The molecule has 0 aliphatic carbocycles. The highest BCUT2D eigenvalue weighted by Crippen LogP contribution is 2.19. The molecule has 0 spiro atoms. The Morgan fingerprint density at radius 1 is 1.42 bits per heavy atom. The van der Waals surface area contributed by atoms with Crippen molar-refractivity contribution >= 4 is 6.03 Å². The van der Waals surface area contributed by atoms with Crippen LogP contribution < -0.4 is 10.1 Å². The lowest BCUT2D eigenvalue weighted by atomic mass is 9.94. The molecule has 1 fully saturated rings. The fourth-order valence-corrected chi connectivity index (χ4v) is 2.84. The number of piperidine rings is 1. The maximum atomic E-state index is 12.8. The standard InChI is InChI=1S/C18H27FN2O3/c1-14(22)15-5-4-11-21(13-15)18(23)20-10-2-3-12-24-17-8-6-16(19)7-9-17/h6-9,14-15,22H,2-5,10-13H2,1H3,(H,20,23). The summed E-state index contributed by atoms with van der Waals surface area (Å²) in [4.78, 5) is 13.9. The van der Waals surface area contributed by atoms with E-state index in [-0.39, 0.29) is 23.9 Å². The molecule has 0 saturated carbocycles. The fraction of sp³-hybridized carbons (Fsp3) is 0.611. The van der Waals surface area contributed by atoms with E-state index in [0.29, 0.717) is 25.4 Å². The van der Waals surface area contributed by atoms with Crippen LogP contribution in [0.5, 0.6) is 5.75 Å². The number of nitrogens with zero attached hydrogens (tertiary/aromatic N) is 1. The zero-order chi connectivity index (χ0) is 17.4. The molecule has 1 aromatic rings. The number of amides is 2. The largest absolute Gasteiger partial charge is 0.494 e. The lowest BCUT2D eigenvalue weighted by Gasteiger charge is -2.34. The maximum Gasteiger partial charge on any atom is 0.317 e. The summed E-state index contributed by atoms with van der Waals surface area (Å²) in [6, 6.07) is 5.89. The van der Waals surface area contributed by atoms with Crippen LogP contribution in [-0.4, -0.2) is 48.4 Å². The minimum atomic E-state index is -0.371. The molecule has 0 aromatic heterocycles. The highest BCUT2D eigenvalue weighted by atomic mass is 19.1. The first-order valence-corrected chi connectivity index (χ1v) is 8.65. The number of benzene rings is 1. The number of rotatable bonds is 7. The Hall–Kier alpha value is -1.82. The second kappa shape index (κ2) is 9.47. The number of carbonyl (C=O) groups excluding carboxylic acids is 1. The Bertz CT molecular complexity index is 507. The van der Waals surface area contributed by atoms with Crippen molar-refractivity contribution in [2.24, 2.45) is 5.92 Å². The second-order valence-electron chi connectivity index (χ2n) is 6.33. The van der Waals surface area contributed by atoms with Crippen LogP contribution in [0.2, 0.25) is 0 Å². The zero-order valence-corrected chi connectivity index (χ0v) is 14.2. The van der Waals surface area contributed by atoms with Gasteiger partial charge < -0.3 is 20.1 Å². The quantitative estimate of drug-likeness (QED) is 0.752. The highest BCUT2D eigenvalue weighted by molar-refractivity contribution is 5.74. The summed E-state index contributed by atoms with van der Waals surface area (Å²) in [5, 5.41) is 12.6. The summed E-state index contributed by atoms with van der Waals surface area (Å²) in [5.41, 5.74) is 0. The molecule has 1 aromatic carbocycles. The van der Waals surface area contributed by atoms with Gasteiger partial charge in [0.1, 0.15) is 11.6 Å². The Morgan fingerprint density at radius 2 is 2.17 bits per heavy atom. The van der Waals surface area contributed by atoms with Crippen LogP contribution in [0.25, 0.3) is 0 Å². The second-order valence-corrected chi connectivity index (χ2v) is 6.33. The molecular weight excluding hydrogens is 311 g/mol. The van der Waals surface area contributed by atoms with E-state index in [4.69, 9.17) is 4.74 Å². The molecule has 1 heterocycles. The molecule has 0 radical (unpaired) electrons. The first-order chi connectivity index (χ1) is 11.6. The predicted molar refractivity (Wildman–Crippen MR) is 90.5 cm³/mol. The Labute approximate surface area is 142 Å². The van der Waals surface area contributed by atoms with Crippen molar-refractivity contribution in [1.29, 1.82) is 0 Å². The number of halogens is 1. The van der Waals surface area contributed by atoms with Gasteiger partial charge in [0.05, 0.1) is 12.7 Å². The van der Waals surface area contributed by atoms with Crippen molar-refractivity contribution in [3.8, 4) is 5.75 Å². The van der Waals surface area contributed by atoms with Gasteiger partial charge in [-0.2, -0.15) is 0 Å². The fourth-order valence-electron chi connectivity index (χ4n) is 2.84. The van der Waals surface area contributed by atoms with Gasteiger partial charge in [0.2, 0.25) is 0 Å². The molecule has 24 heavy (non-hydrogen) atoms. The smallest absolute Gasteiger partial charge is 0.317 e. The number of aliphatic hydroxyl groups excluding tert-OH is 1. The number of aliphatic hydroxyl groups is 1. The number of hydrogen-bond donors (Lipinski definition) is 2. The molecule has 1 saturated heterocycles. The van der Waals surface area contributed by atoms with Crippen molar-refractivity contribution in [3.05, 3.63) is 30.1 Å². The van der Waals surface area contributed by atoms with Crippen molar-refractivity contribution in [1.82, 2.24) is 10.2 Å². The lowest BCUT2D eigenvalue weighted by molar-refractivity contribution is 0.0739. The van der Waals surface area contributed by atoms with E-state index in [1.165, 1.54) is 12.1 Å². The molecule has 1 aliphatic heterocycles. The molecule has 0 bridgehead atoms. The van der Waals surface area contributed by atoms with Gasteiger partial charge in [0.15, 0.2) is 0 Å². The normalized spacial score (nSPS) is 19.0. The van der Waals surface area contributed by atoms with Crippen LogP contribution in [0.4, 0.5) is 9.18 Å². The molecule has 2 atom stereocenters. The summed E-state index contributed by atoms with van der Waals surface area (Å²) in [6.07, 6.45) is 3.18. The van der Waals surface area contributed by atoms with Crippen LogP contribution in [0.1, 0.15) is 32.6 Å². The topological polar surface area (TPSA) is 61.8 Å². The van der Waals surface area contributed by atoms with Crippen molar-refractivity contribution in [2.45, 2.75) is 38.7 Å². The number of urea groups is 1. The van der Waals surface area contributed by atoms with Crippen LogP contribution in [0.3, 0.4) is 0 Å². The van der Waals surface area contributed by atoms with Crippen LogP contribution in [0.15, 0.2) is 24.3 Å². The molecular formula is C18H27FN2O3. The van der Waals surface area contributed by atoms with Gasteiger partial charge in [-0.05, 0) is 56.9 Å². The van der Waals surface area contributed by atoms with Gasteiger partial charge in [0, 0.05) is 25.6 Å². The van der Waals surface area contributed by atoms with E-state index in [2.05, 4.69) is 5.32 Å². The van der Waals surface area contributed by atoms with Crippen LogP contribution >= 0.6 is 0 Å². The number of nitrogens with one attached hydrogen (secondary N) is 1. The molecule has 2 N–H and O–H groups in total. The van der Waals surface area contributed by atoms with Gasteiger partial charge in [-0.25, -0.2) is 9.18 Å². The van der Waals surface area contributed by atoms with Crippen molar-refractivity contribution in [2.75, 3.05) is 26.2 Å². The van der Waals surface area contributed by atoms with Gasteiger partial charge in [-0.3, -0.25) is 0 Å². The molecule has 134 valence electrons. The molecule has 2 rings (SSSR count). The Morgan fingerprint density at radius 3 is 2.88 bits per heavy atom. The summed E-state index contributed by atoms with van der Waals surface area (Å²) in [6.45, 7) is 4.30. The summed E-state index contributed by atoms with van der Waals surface area (Å²) in [5.74, 6) is 0.548. The molecule has 2 amide bonds. The average molecular weight is 338 g/mol. The third kappa shape index (κ3) is 6.00. The predicted octanol–water partition coefficient (Wildman–Crippen LogP) is 2.79. The molecule has 5 nitrogen and oxygen atoms in total. The number of likely N-dealkylation sites (tertiary alicyclic amines) is 1. The van der Waals surface area contributed by atoms with E-state index in [1.807, 2.05) is 0 Å². The summed E-state index contributed by atoms with van der Waals surface area (Å²) in [7, 11) is 0. The minimum Gasteiger partial charge on any atom is -0.494 e. The van der Waals surface area contributed by atoms with E-state index >= 15 is 0 Å². The monoisotopic (exact) mass is 338 g/mol. The van der Waals surface area contributed by atoms with E-state index in [9.17, 15) is 14.3 Å². The molecule has 6 heteroatoms. The molecule has 2 unspecified atom stereocenters. The third-order valence-electron chi connectivity index (χ3n) is 4.36. The van der Waals surface area contributed by atoms with Gasteiger partial charge in [0.25, 0.3) is 0 Å². The number of ether oxygens (including phenoxy) is 1. The summed E-state index contributed by atoms with van der Waals surface area (Å²) < 4.78 is 18.3. The highest BCUT2D eigenvalue weighted by Gasteiger charge is 2.26. The van der Waals surface area contributed by atoms with E-state index in [1.54, 1.807) is 24.0 Å². The van der Waals surface area contributed by atoms with E-state index < -0.39 is 0 Å². The van der Waals surface area contributed by atoms with Gasteiger partial charge >= 0.3 is 6.03 Å². The minimum absolute atomic E-state index is 0.0557. The Kier molecular flexibility index (Phi) is 7.31. The van der Waals surface area contributed by atoms with Gasteiger partial charge in [-0.1, -0.05) is 0 Å². The first-order valence-electron chi connectivity index (χ1n) is 8.65. The summed E-state index contributed by atoms with van der Waals surface area (Å²) >= 11 is 0. The number of hydrogen-bond acceptors (Lipinski definition) is 3.